The van der Waals surface area contributed by atoms with E-state index in [0.29, 0.717) is 0 Å². The fourth-order valence-electron chi connectivity index (χ4n) is 4.38. The van der Waals surface area contributed by atoms with Gasteiger partial charge in [0.1, 0.15) is 5.82 Å². The summed E-state index contributed by atoms with van der Waals surface area (Å²) in [6.07, 6.45) is 7.82. The molecule has 0 unspecified atom stereocenters. The van der Waals surface area contributed by atoms with E-state index in [9.17, 15) is 0 Å². The van der Waals surface area contributed by atoms with Crippen LogP contribution in [0, 0.1) is 0 Å². The molecule has 0 aliphatic carbocycles. The number of aromatic nitrogens is 4. The van der Waals surface area contributed by atoms with E-state index in [2.05, 4.69) is 76.5 Å². The summed E-state index contributed by atoms with van der Waals surface area (Å²) in [6.45, 7) is 0.848. The number of hydrogen-bond acceptors (Lipinski definition) is 4. The highest BCUT2D eigenvalue weighted by molar-refractivity contribution is 6.02. The van der Waals surface area contributed by atoms with E-state index >= 15 is 0 Å². The van der Waals surface area contributed by atoms with E-state index < -0.39 is 0 Å². The Balaban J connectivity index is 1.36. The smallest absolute Gasteiger partial charge is 0.110 e. The largest absolute Gasteiger partial charge is 0.379 e. The van der Waals surface area contributed by atoms with E-state index in [1.165, 1.54) is 10.9 Å². The summed E-state index contributed by atoms with van der Waals surface area (Å²) in [5.74, 6) is 1.07. The first kappa shape index (κ1) is 17.2. The van der Waals surface area contributed by atoms with Crippen molar-refractivity contribution in [2.24, 2.45) is 7.05 Å². The van der Waals surface area contributed by atoms with Crippen LogP contribution >= 0.6 is 0 Å². The average molecular weight is 391 g/mol. The molecule has 146 valence electrons. The molecular weight excluding hydrogens is 370 g/mol. The molecule has 5 aromatic rings. The summed E-state index contributed by atoms with van der Waals surface area (Å²) in [4.78, 5) is 14.4. The van der Waals surface area contributed by atoms with E-state index in [4.69, 9.17) is 9.97 Å². The highest BCUT2D eigenvalue weighted by Crippen LogP contribution is 2.30. The highest BCUT2D eigenvalue weighted by Gasteiger charge is 2.13. The van der Waals surface area contributed by atoms with Crippen LogP contribution in [0.25, 0.3) is 38.9 Å². The highest BCUT2D eigenvalue weighted by atomic mass is 15.1. The maximum Gasteiger partial charge on any atom is 0.110 e. The van der Waals surface area contributed by atoms with Crippen LogP contribution in [0.5, 0.6) is 0 Å². The number of hydrogen-bond donors (Lipinski definition) is 1. The van der Waals surface area contributed by atoms with Gasteiger partial charge in [0.05, 0.1) is 27.8 Å². The number of benzene rings is 2. The molecule has 5 nitrogen and oxygen atoms in total. The van der Waals surface area contributed by atoms with Gasteiger partial charge in [0.2, 0.25) is 0 Å². The minimum Gasteiger partial charge on any atom is -0.379 e. The predicted molar refractivity (Wildman–Crippen MR) is 123 cm³/mol. The van der Waals surface area contributed by atoms with Crippen molar-refractivity contribution in [3.05, 3.63) is 77.9 Å². The van der Waals surface area contributed by atoms with Gasteiger partial charge < -0.3 is 9.88 Å². The number of fused-ring (bicyclic) bond motifs is 6. The number of rotatable bonds is 3. The number of pyridine rings is 2. The molecule has 0 bridgehead atoms. The fourth-order valence-corrected chi connectivity index (χ4v) is 4.38. The van der Waals surface area contributed by atoms with Crippen LogP contribution in [-0.2, 0) is 19.9 Å². The topological polar surface area (TPSA) is 55.6 Å². The molecule has 30 heavy (non-hydrogen) atoms. The molecule has 0 amide bonds. The monoisotopic (exact) mass is 391 g/mol. The van der Waals surface area contributed by atoms with Gasteiger partial charge in [0.15, 0.2) is 0 Å². The molecule has 4 heterocycles. The Bertz CT molecular complexity index is 1460. The molecule has 0 saturated heterocycles. The number of nitrogens with zero attached hydrogens (tertiary/aromatic N) is 4. The lowest BCUT2D eigenvalue weighted by Gasteiger charge is -2.15. The van der Waals surface area contributed by atoms with Crippen LogP contribution in [-0.4, -0.2) is 26.1 Å². The van der Waals surface area contributed by atoms with Crippen LogP contribution in [0.3, 0.4) is 0 Å². The van der Waals surface area contributed by atoms with Crippen molar-refractivity contribution in [1.29, 1.82) is 0 Å². The Morgan fingerprint density at radius 2 is 1.90 bits per heavy atom. The zero-order valence-corrected chi connectivity index (χ0v) is 16.8. The molecule has 0 radical (unpaired) electrons. The third-order valence-corrected chi connectivity index (χ3v) is 5.98. The molecular formula is C25H21N5. The van der Waals surface area contributed by atoms with Gasteiger partial charge in [-0.3, -0.25) is 9.97 Å². The predicted octanol–water partition coefficient (Wildman–Crippen LogP) is 4.89. The van der Waals surface area contributed by atoms with Gasteiger partial charge in [-0.25, -0.2) is 4.98 Å². The van der Waals surface area contributed by atoms with Gasteiger partial charge in [0.25, 0.3) is 0 Å². The second-order valence-corrected chi connectivity index (χ2v) is 7.78. The molecule has 1 N–H and O–H groups in total. The van der Waals surface area contributed by atoms with Crippen molar-refractivity contribution in [3.63, 3.8) is 0 Å². The van der Waals surface area contributed by atoms with Gasteiger partial charge in [0, 0.05) is 42.7 Å². The van der Waals surface area contributed by atoms with E-state index in [1.54, 1.807) is 0 Å². The van der Waals surface area contributed by atoms with Gasteiger partial charge in [-0.1, -0.05) is 30.4 Å². The van der Waals surface area contributed by atoms with Crippen molar-refractivity contribution in [1.82, 2.24) is 19.5 Å². The quantitative estimate of drug-likeness (QED) is 0.476. The van der Waals surface area contributed by atoms with E-state index in [1.807, 2.05) is 12.3 Å². The molecule has 0 atom stereocenters. The molecule has 1 aliphatic heterocycles. The number of imidazole rings is 1. The van der Waals surface area contributed by atoms with Crippen LogP contribution in [0.15, 0.2) is 60.8 Å². The lowest BCUT2D eigenvalue weighted by atomic mass is 10.0. The molecule has 0 spiro atoms. The summed E-state index contributed by atoms with van der Waals surface area (Å²) in [7, 11) is 2.09. The van der Waals surface area contributed by atoms with Crippen molar-refractivity contribution in [2.45, 2.75) is 12.8 Å². The van der Waals surface area contributed by atoms with E-state index in [0.717, 1.165) is 64.0 Å². The molecule has 2 aromatic carbocycles. The molecule has 3 aromatic heterocycles. The second kappa shape index (κ2) is 6.66. The van der Waals surface area contributed by atoms with Crippen molar-refractivity contribution in [2.75, 3.05) is 11.9 Å². The lowest BCUT2D eigenvalue weighted by molar-refractivity contribution is 0.778. The van der Waals surface area contributed by atoms with Gasteiger partial charge >= 0.3 is 0 Å². The fraction of sp³-hybridized carbons (Fsp3) is 0.160. The normalized spacial score (nSPS) is 13.1. The Kier molecular flexibility index (Phi) is 3.81. The standard InChI is InChI=1S/C25H21N5/c1-30-21-12-11-20-19(5-3-14-26-20)25(21)29-22(30)13-10-18-9-8-17-7-6-16-4-2-15-27-23(16)24(17)28-18/h2-9,11-12,14,27H,10,13,15H2,1H3. The Morgan fingerprint density at radius 3 is 2.87 bits per heavy atom. The lowest BCUT2D eigenvalue weighted by Crippen LogP contribution is -2.06. The van der Waals surface area contributed by atoms with Gasteiger partial charge in [-0.05, 0) is 42.3 Å². The van der Waals surface area contributed by atoms with Crippen LogP contribution in [0.2, 0.25) is 0 Å². The zero-order valence-electron chi connectivity index (χ0n) is 16.8. The average Bonchev–Trinajstić information content (AvgIpc) is 3.13. The second-order valence-electron chi connectivity index (χ2n) is 7.78. The van der Waals surface area contributed by atoms with E-state index in [-0.39, 0.29) is 0 Å². The Labute approximate surface area is 174 Å². The van der Waals surface area contributed by atoms with Crippen molar-refractivity contribution >= 4 is 44.6 Å². The summed E-state index contributed by atoms with van der Waals surface area (Å²) in [5.41, 5.74) is 7.63. The molecule has 6 rings (SSSR count). The number of nitrogens with one attached hydrogen (secondary N) is 1. The first-order valence-corrected chi connectivity index (χ1v) is 10.3. The maximum absolute atomic E-state index is 4.99. The molecule has 0 saturated carbocycles. The molecule has 5 heteroatoms. The Hall–Kier alpha value is -3.73. The number of aryl methyl sites for hydroxylation is 3. The van der Waals surface area contributed by atoms with Crippen LogP contribution in [0.4, 0.5) is 5.69 Å². The number of anilines is 1. The van der Waals surface area contributed by atoms with Crippen molar-refractivity contribution in [3.8, 4) is 0 Å². The first-order valence-electron chi connectivity index (χ1n) is 10.3. The first-order chi connectivity index (χ1) is 14.8. The Morgan fingerprint density at radius 1 is 0.967 bits per heavy atom. The molecule has 0 fully saturated rings. The SMILES string of the molecule is Cn1c(CCc2ccc3ccc4c(c3n2)NCC=C4)nc2c3cccnc3ccc21. The van der Waals surface area contributed by atoms with Crippen LogP contribution < -0.4 is 5.32 Å². The van der Waals surface area contributed by atoms with Crippen LogP contribution in [0.1, 0.15) is 17.1 Å². The third kappa shape index (κ3) is 2.66. The minimum atomic E-state index is 0.841. The van der Waals surface area contributed by atoms with Gasteiger partial charge in [-0.15, -0.1) is 0 Å². The summed E-state index contributed by atoms with van der Waals surface area (Å²) >= 11 is 0. The summed E-state index contributed by atoms with van der Waals surface area (Å²) in [6, 6.07) is 16.9. The van der Waals surface area contributed by atoms with Gasteiger partial charge in [-0.2, -0.15) is 0 Å². The maximum atomic E-state index is 4.99. The zero-order chi connectivity index (χ0) is 20.1. The third-order valence-electron chi connectivity index (χ3n) is 5.98. The minimum absolute atomic E-state index is 0.841. The van der Waals surface area contributed by atoms with Crippen molar-refractivity contribution < 1.29 is 0 Å². The summed E-state index contributed by atoms with van der Waals surface area (Å²) < 4.78 is 2.19. The summed E-state index contributed by atoms with van der Waals surface area (Å²) in [5, 5.41) is 5.75. The molecule has 1 aliphatic rings.